The van der Waals surface area contributed by atoms with Crippen LogP contribution < -0.4 is 5.32 Å². The molecule has 0 aliphatic heterocycles. The topological polar surface area (TPSA) is 55.4 Å². The second-order valence-electron chi connectivity index (χ2n) is 5.20. The Balaban J connectivity index is 2.70. The molecule has 1 aromatic carbocycles. The number of carbonyl (C=O) groups is 2. The van der Waals surface area contributed by atoms with Crippen molar-refractivity contribution < 1.29 is 14.3 Å². The standard InChI is InChI=1S/C16H23NO3/c1-12(2)11-17-14(9-10-15(18)20-3)16(19)13-7-5-4-6-8-13/h4-8,12,14,17H,9-11H2,1-3H3. The number of Topliss-reactive ketones (excluding diaryl/α,β-unsaturated/α-hetero) is 1. The number of benzene rings is 1. The van der Waals surface area contributed by atoms with Gasteiger partial charge in [0.05, 0.1) is 13.2 Å². The second-order valence-corrected chi connectivity index (χ2v) is 5.20. The zero-order valence-corrected chi connectivity index (χ0v) is 12.4. The first-order valence-electron chi connectivity index (χ1n) is 6.94. The molecule has 0 aliphatic rings. The number of carbonyl (C=O) groups excluding carboxylic acids is 2. The molecule has 0 radical (unpaired) electrons. The molecule has 1 rings (SSSR count). The highest BCUT2D eigenvalue weighted by Crippen LogP contribution is 2.09. The minimum Gasteiger partial charge on any atom is -0.469 e. The van der Waals surface area contributed by atoms with Crippen LogP contribution in [0.5, 0.6) is 0 Å². The Hall–Kier alpha value is -1.68. The monoisotopic (exact) mass is 277 g/mol. The second kappa shape index (κ2) is 8.48. The summed E-state index contributed by atoms with van der Waals surface area (Å²) >= 11 is 0. The fourth-order valence-corrected chi connectivity index (χ4v) is 1.87. The summed E-state index contributed by atoms with van der Waals surface area (Å²) in [4.78, 5) is 23.7. The molecule has 110 valence electrons. The van der Waals surface area contributed by atoms with Crippen molar-refractivity contribution >= 4 is 11.8 Å². The molecule has 1 unspecified atom stereocenters. The van der Waals surface area contributed by atoms with Gasteiger partial charge >= 0.3 is 5.97 Å². The molecule has 1 atom stereocenters. The van der Waals surface area contributed by atoms with Gasteiger partial charge in [-0.1, -0.05) is 44.2 Å². The average molecular weight is 277 g/mol. The number of ketones is 1. The number of methoxy groups -OCH3 is 1. The molecule has 1 N–H and O–H groups in total. The maximum atomic E-state index is 12.4. The number of ether oxygens (including phenoxy) is 1. The molecular formula is C16H23NO3. The third-order valence-electron chi connectivity index (χ3n) is 3.01. The van der Waals surface area contributed by atoms with Gasteiger partial charge in [0.25, 0.3) is 0 Å². The van der Waals surface area contributed by atoms with Gasteiger partial charge in [-0.05, 0) is 18.9 Å². The van der Waals surface area contributed by atoms with E-state index in [1.165, 1.54) is 7.11 Å². The Labute approximate surface area is 120 Å². The fourth-order valence-electron chi connectivity index (χ4n) is 1.87. The summed E-state index contributed by atoms with van der Waals surface area (Å²) in [6.45, 7) is 4.90. The van der Waals surface area contributed by atoms with E-state index in [-0.39, 0.29) is 24.2 Å². The molecule has 4 heteroatoms. The van der Waals surface area contributed by atoms with E-state index in [9.17, 15) is 9.59 Å². The molecule has 0 saturated heterocycles. The number of esters is 1. The van der Waals surface area contributed by atoms with Crippen molar-refractivity contribution in [3.8, 4) is 0 Å². The van der Waals surface area contributed by atoms with Crippen molar-refractivity contribution in [2.75, 3.05) is 13.7 Å². The van der Waals surface area contributed by atoms with E-state index in [1.54, 1.807) is 12.1 Å². The van der Waals surface area contributed by atoms with E-state index >= 15 is 0 Å². The highest BCUT2D eigenvalue weighted by Gasteiger charge is 2.20. The van der Waals surface area contributed by atoms with Gasteiger partial charge in [0.2, 0.25) is 0 Å². The highest BCUT2D eigenvalue weighted by atomic mass is 16.5. The van der Waals surface area contributed by atoms with Gasteiger partial charge in [0.1, 0.15) is 0 Å². The van der Waals surface area contributed by atoms with Crippen molar-refractivity contribution in [2.45, 2.75) is 32.7 Å². The van der Waals surface area contributed by atoms with E-state index in [0.717, 1.165) is 6.54 Å². The van der Waals surface area contributed by atoms with Crippen LogP contribution in [0.3, 0.4) is 0 Å². The lowest BCUT2D eigenvalue weighted by atomic mass is 9.99. The lowest BCUT2D eigenvalue weighted by Crippen LogP contribution is -2.39. The van der Waals surface area contributed by atoms with Crippen LogP contribution in [0.1, 0.15) is 37.0 Å². The van der Waals surface area contributed by atoms with Gasteiger partial charge in [-0.2, -0.15) is 0 Å². The molecule has 0 aliphatic carbocycles. The smallest absolute Gasteiger partial charge is 0.305 e. The Morgan fingerprint density at radius 1 is 1.20 bits per heavy atom. The van der Waals surface area contributed by atoms with Crippen molar-refractivity contribution in [2.24, 2.45) is 5.92 Å². The zero-order valence-electron chi connectivity index (χ0n) is 12.4. The summed E-state index contributed by atoms with van der Waals surface area (Å²) in [6, 6.07) is 8.80. The van der Waals surface area contributed by atoms with E-state index < -0.39 is 0 Å². The van der Waals surface area contributed by atoms with Gasteiger partial charge in [0, 0.05) is 12.0 Å². The first kappa shape index (κ1) is 16.4. The van der Waals surface area contributed by atoms with Crippen LogP contribution in [0, 0.1) is 5.92 Å². The van der Waals surface area contributed by atoms with Gasteiger partial charge < -0.3 is 10.1 Å². The molecule has 0 bridgehead atoms. The quantitative estimate of drug-likeness (QED) is 0.586. The summed E-state index contributed by atoms with van der Waals surface area (Å²) in [5, 5.41) is 3.24. The molecule has 0 amide bonds. The molecule has 20 heavy (non-hydrogen) atoms. The molecular weight excluding hydrogens is 254 g/mol. The van der Waals surface area contributed by atoms with Crippen LogP contribution in [0.4, 0.5) is 0 Å². The minimum atomic E-state index is -0.348. The number of rotatable bonds is 8. The predicted octanol–water partition coefficient (Wildman–Crippen LogP) is 2.44. The summed E-state index contributed by atoms with van der Waals surface area (Å²) < 4.78 is 4.63. The summed E-state index contributed by atoms with van der Waals surface area (Å²) in [7, 11) is 1.36. The van der Waals surface area contributed by atoms with Crippen LogP contribution >= 0.6 is 0 Å². The first-order valence-corrected chi connectivity index (χ1v) is 6.94. The lowest BCUT2D eigenvalue weighted by Gasteiger charge is -2.18. The van der Waals surface area contributed by atoms with E-state index in [2.05, 4.69) is 23.9 Å². The van der Waals surface area contributed by atoms with Crippen molar-refractivity contribution in [3.05, 3.63) is 35.9 Å². The van der Waals surface area contributed by atoms with Crippen molar-refractivity contribution in [1.82, 2.24) is 5.32 Å². The Morgan fingerprint density at radius 3 is 2.40 bits per heavy atom. The van der Waals surface area contributed by atoms with E-state index in [0.29, 0.717) is 17.9 Å². The maximum Gasteiger partial charge on any atom is 0.305 e. The molecule has 0 saturated carbocycles. The maximum absolute atomic E-state index is 12.4. The Morgan fingerprint density at radius 2 is 1.85 bits per heavy atom. The third kappa shape index (κ3) is 5.53. The van der Waals surface area contributed by atoms with Crippen molar-refractivity contribution in [1.29, 1.82) is 0 Å². The van der Waals surface area contributed by atoms with Crippen LogP contribution in [0.2, 0.25) is 0 Å². The largest absolute Gasteiger partial charge is 0.469 e. The first-order chi connectivity index (χ1) is 9.54. The zero-order chi connectivity index (χ0) is 15.0. The van der Waals surface area contributed by atoms with Gasteiger partial charge in [-0.3, -0.25) is 9.59 Å². The molecule has 0 fully saturated rings. The average Bonchev–Trinajstić information content (AvgIpc) is 2.47. The minimum absolute atomic E-state index is 0.0233. The van der Waals surface area contributed by atoms with Gasteiger partial charge in [-0.15, -0.1) is 0 Å². The fraction of sp³-hybridized carbons (Fsp3) is 0.500. The van der Waals surface area contributed by atoms with Crippen LogP contribution in [0.15, 0.2) is 30.3 Å². The number of nitrogens with one attached hydrogen (secondary N) is 1. The van der Waals surface area contributed by atoms with Crippen molar-refractivity contribution in [3.63, 3.8) is 0 Å². The van der Waals surface area contributed by atoms with E-state index in [4.69, 9.17) is 0 Å². The molecule has 0 heterocycles. The molecule has 0 aromatic heterocycles. The SMILES string of the molecule is COC(=O)CCC(NCC(C)C)C(=O)c1ccccc1. The van der Waals surface area contributed by atoms with Gasteiger partial charge in [0.15, 0.2) is 5.78 Å². The lowest BCUT2D eigenvalue weighted by molar-refractivity contribution is -0.140. The predicted molar refractivity (Wildman–Crippen MR) is 78.7 cm³/mol. The van der Waals surface area contributed by atoms with Crippen LogP contribution in [-0.4, -0.2) is 31.4 Å². The molecule has 4 nitrogen and oxygen atoms in total. The Kier molecular flexibility index (Phi) is 6.94. The number of hydrogen-bond donors (Lipinski definition) is 1. The van der Waals surface area contributed by atoms with Gasteiger partial charge in [-0.25, -0.2) is 0 Å². The highest BCUT2D eigenvalue weighted by molar-refractivity contribution is 6.00. The van der Waals surface area contributed by atoms with Crippen LogP contribution in [-0.2, 0) is 9.53 Å². The molecule has 1 aromatic rings. The Bertz CT molecular complexity index is 429. The third-order valence-corrected chi connectivity index (χ3v) is 3.01. The van der Waals surface area contributed by atoms with Crippen LogP contribution in [0.25, 0.3) is 0 Å². The normalized spacial score (nSPS) is 12.2. The van der Waals surface area contributed by atoms with E-state index in [1.807, 2.05) is 18.2 Å². The number of hydrogen-bond acceptors (Lipinski definition) is 4. The summed E-state index contributed by atoms with van der Waals surface area (Å²) in [5.41, 5.74) is 0.665. The summed E-state index contributed by atoms with van der Waals surface area (Å²) in [5.74, 6) is 0.177. The molecule has 0 spiro atoms. The summed E-state index contributed by atoms with van der Waals surface area (Å²) in [6.07, 6.45) is 0.692.